The number of aromatic nitrogens is 3. The Hall–Kier alpha value is -3.66. The van der Waals surface area contributed by atoms with Crippen molar-refractivity contribution in [3.05, 3.63) is 83.8 Å². The third-order valence-electron chi connectivity index (χ3n) is 8.20. The standard InChI is InChI=1S/C32H37F2N7/c1-22(36-25-8-9-35-26(19-25)21-41-14-12-39(2)13-15-41)32-28-18-24(6-7-30(28)37-38-32)27-16-23(17-29(33)31(27)34)20-40-10-4-3-5-11-40/h6-9,16-19H,1,3-5,10-15,20-21H2,2H3,(H,35,36)(H,37,38). The first-order valence-electron chi connectivity index (χ1n) is 14.4. The van der Waals surface area contributed by atoms with Gasteiger partial charge in [-0.15, -0.1) is 0 Å². The van der Waals surface area contributed by atoms with Gasteiger partial charge in [0.25, 0.3) is 0 Å². The summed E-state index contributed by atoms with van der Waals surface area (Å²) in [6.45, 7) is 11.8. The first-order valence-corrected chi connectivity index (χ1v) is 14.4. The molecule has 41 heavy (non-hydrogen) atoms. The molecule has 9 heteroatoms. The molecule has 0 atom stereocenters. The van der Waals surface area contributed by atoms with Gasteiger partial charge in [-0.3, -0.25) is 19.9 Å². The molecule has 4 heterocycles. The summed E-state index contributed by atoms with van der Waals surface area (Å²) in [5.74, 6) is -1.66. The van der Waals surface area contributed by atoms with Crippen molar-refractivity contribution in [1.82, 2.24) is 29.9 Å². The summed E-state index contributed by atoms with van der Waals surface area (Å²) in [4.78, 5) is 11.6. The van der Waals surface area contributed by atoms with Crippen molar-refractivity contribution in [2.24, 2.45) is 0 Å². The highest BCUT2D eigenvalue weighted by molar-refractivity contribution is 5.95. The second kappa shape index (κ2) is 12.1. The molecule has 2 aliphatic rings. The van der Waals surface area contributed by atoms with E-state index in [1.165, 1.54) is 12.5 Å². The number of hydrogen-bond acceptors (Lipinski definition) is 6. The lowest BCUT2D eigenvalue weighted by molar-refractivity contribution is 0.147. The zero-order valence-electron chi connectivity index (χ0n) is 23.6. The van der Waals surface area contributed by atoms with Crippen molar-refractivity contribution in [2.75, 3.05) is 51.6 Å². The van der Waals surface area contributed by atoms with E-state index in [4.69, 9.17) is 0 Å². The number of likely N-dealkylation sites (tertiary alicyclic amines) is 1. The molecule has 2 fully saturated rings. The molecule has 2 aliphatic heterocycles. The smallest absolute Gasteiger partial charge is 0.166 e. The predicted molar refractivity (Wildman–Crippen MR) is 160 cm³/mol. The SMILES string of the molecule is C=C(Nc1ccnc(CN2CCN(C)CC2)c1)c1n[nH]c2ccc(-c3cc(CN4CCCCC4)cc(F)c3F)cc12. The minimum atomic E-state index is -0.835. The summed E-state index contributed by atoms with van der Waals surface area (Å²) in [5, 5.41) is 11.7. The largest absolute Gasteiger partial charge is 0.354 e. The number of hydrogen-bond donors (Lipinski definition) is 2. The molecule has 4 aromatic rings. The van der Waals surface area contributed by atoms with Crippen molar-refractivity contribution in [1.29, 1.82) is 0 Å². The number of likely N-dealkylation sites (N-methyl/N-ethyl adjacent to an activating group) is 1. The van der Waals surface area contributed by atoms with Crippen molar-refractivity contribution in [3.63, 3.8) is 0 Å². The molecule has 2 N–H and O–H groups in total. The Kier molecular flexibility index (Phi) is 8.09. The molecule has 0 saturated carbocycles. The third kappa shape index (κ3) is 6.32. The van der Waals surface area contributed by atoms with Crippen molar-refractivity contribution < 1.29 is 8.78 Å². The second-order valence-electron chi connectivity index (χ2n) is 11.3. The fraction of sp³-hybridized carbons (Fsp3) is 0.375. The monoisotopic (exact) mass is 557 g/mol. The number of pyridine rings is 1. The minimum absolute atomic E-state index is 0.257. The quantitative estimate of drug-likeness (QED) is 0.289. The number of nitrogens with one attached hydrogen (secondary N) is 2. The lowest BCUT2D eigenvalue weighted by Gasteiger charge is -2.32. The number of fused-ring (bicyclic) bond motifs is 1. The number of nitrogens with zero attached hydrogens (tertiary/aromatic N) is 5. The summed E-state index contributed by atoms with van der Waals surface area (Å²) in [6, 6.07) is 12.6. The fourth-order valence-corrected chi connectivity index (χ4v) is 5.84. The summed E-state index contributed by atoms with van der Waals surface area (Å²) in [7, 11) is 2.15. The average Bonchev–Trinajstić information content (AvgIpc) is 3.40. The first kappa shape index (κ1) is 27.5. The first-order chi connectivity index (χ1) is 19.9. The van der Waals surface area contributed by atoms with E-state index in [2.05, 4.69) is 48.8 Å². The molecule has 0 aliphatic carbocycles. The average molecular weight is 558 g/mol. The highest BCUT2D eigenvalue weighted by atomic mass is 19.2. The van der Waals surface area contributed by atoms with Gasteiger partial charge in [0.2, 0.25) is 0 Å². The molecular formula is C32H37F2N7. The van der Waals surface area contributed by atoms with Crippen LogP contribution in [0.25, 0.3) is 27.7 Å². The van der Waals surface area contributed by atoms with Gasteiger partial charge in [-0.2, -0.15) is 5.10 Å². The Bertz CT molecular complexity index is 1530. The van der Waals surface area contributed by atoms with E-state index in [0.717, 1.165) is 86.5 Å². The Morgan fingerprint density at radius 3 is 2.51 bits per heavy atom. The normalized spacial score (nSPS) is 17.2. The number of piperazine rings is 1. The number of piperidine rings is 1. The number of rotatable bonds is 8. The van der Waals surface area contributed by atoms with Gasteiger partial charge in [0.15, 0.2) is 11.6 Å². The molecule has 7 nitrogen and oxygen atoms in total. The number of benzene rings is 2. The maximum Gasteiger partial charge on any atom is 0.166 e. The molecule has 214 valence electrons. The van der Waals surface area contributed by atoms with Crippen LogP contribution < -0.4 is 5.32 Å². The van der Waals surface area contributed by atoms with E-state index in [0.29, 0.717) is 23.5 Å². The Morgan fingerprint density at radius 2 is 1.71 bits per heavy atom. The van der Waals surface area contributed by atoms with Crippen LogP contribution in [0.15, 0.2) is 55.2 Å². The highest BCUT2D eigenvalue weighted by Gasteiger charge is 2.19. The van der Waals surface area contributed by atoms with Gasteiger partial charge in [0.05, 0.1) is 16.9 Å². The van der Waals surface area contributed by atoms with Gasteiger partial charge in [-0.1, -0.05) is 19.1 Å². The summed E-state index contributed by atoms with van der Waals surface area (Å²) >= 11 is 0. The van der Waals surface area contributed by atoms with Crippen LogP contribution >= 0.6 is 0 Å². The van der Waals surface area contributed by atoms with Gasteiger partial charge in [-0.25, -0.2) is 8.78 Å². The van der Waals surface area contributed by atoms with E-state index in [1.54, 1.807) is 18.3 Å². The molecule has 2 aromatic heterocycles. The van der Waals surface area contributed by atoms with Gasteiger partial charge < -0.3 is 10.2 Å². The molecular weight excluding hydrogens is 520 g/mol. The molecule has 0 spiro atoms. The van der Waals surface area contributed by atoms with Crippen LogP contribution in [0.3, 0.4) is 0 Å². The topological polar surface area (TPSA) is 63.3 Å². The molecule has 6 rings (SSSR count). The van der Waals surface area contributed by atoms with Crippen molar-refractivity contribution in [2.45, 2.75) is 32.4 Å². The van der Waals surface area contributed by atoms with E-state index < -0.39 is 11.6 Å². The maximum atomic E-state index is 15.1. The van der Waals surface area contributed by atoms with Crippen molar-refractivity contribution in [3.8, 4) is 11.1 Å². The molecule has 0 bridgehead atoms. The zero-order valence-corrected chi connectivity index (χ0v) is 23.6. The highest BCUT2D eigenvalue weighted by Crippen LogP contribution is 2.32. The number of aromatic amines is 1. The summed E-state index contributed by atoms with van der Waals surface area (Å²) in [6.07, 6.45) is 5.32. The van der Waals surface area contributed by atoms with Crippen LogP contribution in [0.2, 0.25) is 0 Å². The molecule has 0 unspecified atom stereocenters. The van der Waals surface area contributed by atoms with Crippen molar-refractivity contribution >= 4 is 22.3 Å². The lowest BCUT2D eigenvalue weighted by atomic mass is 9.99. The number of halogens is 2. The Labute approximate surface area is 239 Å². The van der Waals surface area contributed by atoms with E-state index in [1.807, 2.05) is 24.3 Å². The molecule has 2 saturated heterocycles. The Balaban J connectivity index is 1.22. The summed E-state index contributed by atoms with van der Waals surface area (Å²) in [5.41, 5.74) is 5.53. The van der Waals surface area contributed by atoms with Crippen LogP contribution in [0.5, 0.6) is 0 Å². The fourth-order valence-electron chi connectivity index (χ4n) is 5.84. The second-order valence-corrected chi connectivity index (χ2v) is 11.3. The van der Waals surface area contributed by atoms with Crippen LogP contribution in [-0.4, -0.2) is 76.2 Å². The van der Waals surface area contributed by atoms with Gasteiger partial charge in [-0.05, 0) is 80.5 Å². The van der Waals surface area contributed by atoms with Crippen LogP contribution in [0.1, 0.15) is 36.2 Å². The predicted octanol–water partition coefficient (Wildman–Crippen LogP) is 5.72. The molecule has 0 amide bonds. The van der Waals surface area contributed by atoms with Crippen LogP contribution in [0, 0.1) is 11.6 Å². The van der Waals surface area contributed by atoms with Gasteiger partial charge in [0, 0.05) is 62.1 Å². The Morgan fingerprint density at radius 1 is 0.927 bits per heavy atom. The third-order valence-corrected chi connectivity index (χ3v) is 8.20. The van der Waals surface area contributed by atoms with Crippen LogP contribution in [-0.2, 0) is 13.1 Å². The van der Waals surface area contributed by atoms with E-state index in [-0.39, 0.29) is 5.56 Å². The lowest BCUT2D eigenvalue weighted by Crippen LogP contribution is -2.44. The molecule has 0 radical (unpaired) electrons. The molecule has 2 aromatic carbocycles. The van der Waals surface area contributed by atoms with Crippen LogP contribution in [0.4, 0.5) is 14.5 Å². The van der Waals surface area contributed by atoms with E-state index >= 15 is 4.39 Å². The van der Waals surface area contributed by atoms with Gasteiger partial charge in [0.1, 0.15) is 5.69 Å². The van der Waals surface area contributed by atoms with E-state index in [9.17, 15) is 4.39 Å². The number of anilines is 1. The maximum absolute atomic E-state index is 15.1. The summed E-state index contributed by atoms with van der Waals surface area (Å²) < 4.78 is 29.8. The van der Waals surface area contributed by atoms with Gasteiger partial charge >= 0.3 is 0 Å². The zero-order chi connectivity index (χ0) is 28.3. The number of H-pyrrole nitrogens is 1. The minimum Gasteiger partial charge on any atom is -0.354 e.